The van der Waals surface area contributed by atoms with E-state index in [0.29, 0.717) is 17.6 Å². The van der Waals surface area contributed by atoms with E-state index >= 15 is 0 Å². The van der Waals surface area contributed by atoms with E-state index in [0.717, 1.165) is 21.3 Å². The maximum Gasteiger partial charge on any atom is 0.103 e. The van der Waals surface area contributed by atoms with E-state index in [9.17, 15) is 0 Å². The predicted molar refractivity (Wildman–Crippen MR) is 72.0 cm³/mol. The quantitative estimate of drug-likeness (QED) is 0.797. The lowest BCUT2D eigenvalue weighted by molar-refractivity contribution is 0.816. The number of hydrogen-bond donors (Lipinski definition) is 0. The van der Waals surface area contributed by atoms with Crippen molar-refractivity contribution < 1.29 is 0 Å². The molecule has 1 aromatic rings. The molecule has 0 spiro atoms. The van der Waals surface area contributed by atoms with E-state index < -0.39 is 0 Å². The number of nitriles is 1. The predicted octanol–water partition coefficient (Wildman–Crippen LogP) is 3.97. The minimum absolute atomic E-state index is 0.414. The van der Waals surface area contributed by atoms with Crippen LogP contribution in [0.5, 0.6) is 0 Å². The summed E-state index contributed by atoms with van der Waals surface area (Å²) in [6.07, 6.45) is 0.498. The van der Waals surface area contributed by atoms with Gasteiger partial charge < -0.3 is 0 Å². The molecule has 1 rings (SSSR count). The van der Waals surface area contributed by atoms with Crippen LogP contribution in [0, 0.1) is 11.3 Å². The fraction of sp³-hybridized carbons (Fsp3) is 0.667. The van der Waals surface area contributed by atoms with Crippen molar-refractivity contribution in [2.75, 3.05) is 0 Å². The van der Waals surface area contributed by atoms with Gasteiger partial charge in [0.15, 0.2) is 0 Å². The Hall–Kier alpha value is -0.530. The normalized spacial score (nSPS) is 11.1. The van der Waals surface area contributed by atoms with Crippen molar-refractivity contribution in [3.63, 3.8) is 0 Å². The summed E-state index contributed by atoms with van der Waals surface area (Å²) in [4.78, 5) is 5.80. The second kappa shape index (κ2) is 6.27. The van der Waals surface area contributed by atoms with Crippen LogP contribution in [0.15, 0.2) is 0 Å². The van der Waals surface area contributed by atoms with Gasteiger partial charge in [0, 0.05) is 10.6 Å². The van der Waals surface area contributed by atoms with Gasteiger partial charge in [-0.15, -0.1) is 11.3 Å². The van der Waals surface area contributed by atoms with Gasteiger partial charge in [-0.1, -0.05) is 27.7 Å². The number of rotatable bonds is 5. The average Bonchev–Trinajstić information content (AvgIpc) is 2.59. The first-order valence-corrected chi connectivity index (χ1v) is 7.38. The molecule has 88 valence electrons. The van der Waals surface area contributed by atoms with Gasteiger partial charge in [-0.25, -0.2) is 4.98 Å². The number of hydrogen-bond acceptors (Lipinski definition) is 4. The summed E-state index contributed by atoms with van der Waals surface area (Å²) < 4.78 is 0. The van der Waals surface area contributed by atoms with Gasteiger partial charge in [-0.3, -0.25) is 0 Å². The molecular weight excluding hydrogens is 236 g/mol. The molecule has 0 aliphatic carbocycles. The van der Waals surface area contributed by atoms with Crippen molar-refractivity contribution in [2.45, 2.75) is 51.0 Å². The van der Waals surface area contributed by atoms with Crippen molar-refractivity contribution in [3.8, 4) is 6.07 Å². The van der Waals surface area contributed by atoms with Crippen molar-refractivity contribution in [1.29, 1.82) is 5.26 Å². The molecule has 4 heteroatoms. The molecule has 1 heterocycles. The fourth-order valence-corrected chi connectivity index (χ4v) is 3.29. The largest absolute Gasteiger partial charge is 0.245 e. The lowest BCUT2D eigenvalue weighted by Gasteiger charge is -2.02. The summed E-state index contributed by atoms with van der Waals surface area (Å²) >= 11 is 3.60. The van der Waals surface area contributed by atoms with Crippen molar-refractivity contribution >= 4 is 23.1 Å². The monoisotopic (exact) mass is 254 g/mol. The SMILES string of the molecule is CC(C)SCc1nc(C(C)C)c(CC#N)s1. The molecule has 16 heavy (non-hydrogen) atoms. The number of thiazole rings is 1. The summed E-state index contributed by atoms with van der Waals surface area (Å²) in [6.45, 7) is 8.65. The van der Waals surface area contributed by atoms with E-state index in [1.807, 2.05) is 11.8 Å². The molecule has 0 atom stereocenters. The zero-order chi connectivity index (χ0) is 12.1. The molecule has 0 aliphatic heterocycles. The van der Waals surface area contributed by atoms with Crippen LogP contribution >= 0.6 is 23.1 Å². The van der Waals surface area contributed by atoms with Crippen LogP contribution in [0.1, 0.15) is 49.2 Å². The minimum atomic E-state index is 0.414. The second-order valence-electron chi connectivity index (χ2n) is 4.27. The third-order valence-corrected chi connectivity index (χ3v) is 4.46. The van der Waals surface area contributed by atoms with Gasteiger partial charge in [0.25, 0.3) is 0 Å². The third kappa shape index (κ3) is 3.80. The molecular formula is C12H18N2S2. The van der Waals surface area contributed by atoms with E-state index in [1.165, 1.54) is 0 Å². The molecule has 0 amide bonds. The Kier molecular flexibility index (Phi) is 5.30. The molecule has 0 radical (unpaired) electrons. The lowest BCUT2D eigenvalue weighted by Crippen LogP contribution is -1.93. The van der Waals surface area contributed by atoms with Gasteiger partial charge >= 0.3 is 0 Å². The van der Waals surface area contributed by atoms with Crippen LogP contribution in [-0.2, 0) is 12.2 Å². The van der Waals surface area contributed by atoms with Crippen LogP contribution in [0.2, 0.25) is 0 Å². The summed E-state index contributed by atoms with van der Waals surface area (Å²) in [5.74, 6) is 1.38. The average molecular weight is 254 g/mol. The Morgan fingerprint density at radius 3 is 2.56 bits per heavy atom. The molecule has 0 N–H and O–H groups in total. The maximum atomic E-state index is 8.78. The first-order valence-electron chi connectivity index (χ1n) is 5.51. The molecule has 0 bridgehead atoms. The maximum absolute atomic E-state index is 8.78. The Labute approximate surface area is 106 Å². The fourth-order valence-electron chi connectivity index (χ4n) is 1.36. The van der Waals surface area contributed by atoms with Crippen LogP contribution in [-0.4, -0.2) is 10.2 Å². The van der Waals surface area contributed by atoms with Gasteiger partial charge in [-0.2, -0.15) is 17.0 Å². The van der Waals surface area contributed by atoms with Crippen LogP contribution in [0.25, 0.3) is 0 Å². The second-order valence-corrected chi connectivity index (χ2v) is 7.00. The number of aromatic nitrogens is 1. The summed E-state index contributed by atoms with van der Waals surface area (Å²) in [5.41, 5.74) is 1.12. The zero-order valence-electron chi connectivity index (χ0n) is 10.3. The number of nitrogens with zero attached hydrogens (tertiary/aromatic N) is 2. The topological polar surface area (TPSA) is 36.7 Å². The minimum Gasteiger partial charge on any atom is -0.245 e. The first-order chi connectivity index (χ1) is 7.54. The third-order valence-electron chi connectivity index (χ3n) is 2.10. The van der Waals surface area contributed by atoms with E-state index in [4.69, 9.17) is 5.26 Å². The Morgan fingerprint density at radius 2 is 2.06 bits per heavy atom. The highest BCUT2D eigenvalue weighted by Crippen LogP contribution is 2.28. The van der Waals surface area contributed by atoms with Crippen molar-refractivity contribution in [1.82, 2.24) is 4.98 Å². The Balaban J connectivity index is 2.80. The van der Waals surface area contributed by atoms with E-state index in [1.54, 1.807) is 11.3 Å². The van der Waals surface area contributed by atoms with Crippen LogP contribution in [0.3, 0.4) is 0 Å². The highest BCUT2D eigenvalue weighted by Gasteiger charge is 2.14. The van der Waals surface area contributed by atoms with Gasteiger partial charge in [0.05, 0.1) is 18.2 Å². The van der Waals surface area contributed by atoms with Crippen LogP contribution in [0.4, 0.5) is 0 Å². The molecule has 0 fully saturated rings. The molecule has 0 aliphatic rings. The molecule has 0 saturated heterocycles. The van der Waals surface area contributed by atoms with E-state index in [2.05, 4.69) is 38.7 Å². The molecule has 1 aromatic heterocycles. The molecule has 0 saturated carbocycles. The summed E-state index contributed by atoms with van der Waals surface area (Å²) in [6, 6.07) is 2.22. The zero-order valence-corrected chi connectivity index (χ0v) is 11.9. The van der Waals surface area contributed by atoms with Crippen molar-refractivity contribution in [3.05, 3.63) is 15.6 Å². The molecule has 2 nitrogen and oxygen atoms in total. The number of thioether (sulfide) groups is 1. The van der Waals surface area contributed by atoms with Gasteiger partial charge in [0.2, 0.25) is 0 Å². The molecule has 0 unspecified atom stereocenters. The molecule has 0 aromatic carbocycles. The van der Waals surface area contributed by atoms with E-state index in [-0.39, 0.29) is 0 Å². The Bertz CT molecular complexity index is 375. The van der Waals surface area contributed by atoms with Gasteiger partial charge in [0.1, 0.15) is 5.01 Å². The summed E-state index contributed by atoms with van der Waals surface area (Å²) in [7, 11) is 0. The highest BCUT2D eigenvalue weighted by atomic mass is 32.2. The van der Waals surface area contributed by atoms with Gasteiger partial charge in [-0.05, 0) is 11.2 Å². The van der Waals surface area contributed by atoms with Crippen molar-refractivity contribution in [2.24, 2.45) is 0 Å². The van der Waals surface area contributed by atoms with Crippen LogP contribution < -0.4 is 0 Å². The first kappa shape index (κ1) is 13.5. The lowest BCUT2D eigenvalue weighted by atomic mass is 10.1. The standard InChI is InChI=1S/C12H18N2S2/c1-8(2)12-10(5-6-13)16-11(14-12)7-15-9(3)4/h8-9H,5,7H2,1-4H3. The smallest absolute Gasteiger partial charge is 0.103 e. The summed E-state index contributed by atoms with van der Waals surface area (Å²) in [5, 5.41) is 10.6. The highest BCUT2D eigenvalue weighted by molar-refractivity contribution is 7.99. The Morgan fingerprint density at radius 1 is 1.38 bits per heavy atom.